The number of nitrogens with one attached hydrogen (secondary N) is 1. The lowest BCUT2D eigenvalue weighted by molar-refractivity contribution is 0.395. The van der Waals surface area contributed by atoms with Crippen molar-refractivity contribution in [2.45, 2.75) is 25.4 Å². The van der Waals surface area contributed by atoms with Gasteiger partial charge in [0.15, 0.2) is 0 Å². The average molecular weight is 551 g/mol. The molecule has 1 aliphatic rings. The highest BCUT2D eigenvalue weighted by Gasteiger charge is 2.24. The molecule has 3 aromatic heterocycles. The minimum absolute atomic E-state index is 0. The second kappa shape index (κ2) is 12.0. The first-order valence-electron chi connectivity index (χ1n) is 11.4. The van der Waals surface area contributed by atoms with Gasteiger partial charge in [0.1, 0.15) is 17.1 Å². The first-order valence-corrected chi connectivity index (χ1v) is 11.7. The molecule has 2 atom stereocenters. The first kappa shape index (κ1) is 27.9. The molecule has 36 heavy (non-hydrogen) atoms. The lowest BCUT2D eigenvalue weighted by Gasteiger charge is -2.22. The Morgan fingerprint density at radius 1 is 1.06 bits per heavy atom. The third kappa shape index (κ3) is 5.65. The zero-order chi connectivity index (χ0) is 23.7. The van der Waals surface area contributed by atoms with E-state index in [1.54, 1.807) is 20.3 Å². The number of hydrogen-bond acceptors (Lipinski definition) is 6. The number of anilines is 1. The van der Waals surface area contributed by atoms with E-state index in [0.717, 1.165) is 36.4 Å². The Bertz CT molecular complexity index is 1300. The molecule has 1 aliphatic heterocycles. The summed E-state index contributed by atoms with van der Waals surface area (Å²) in [4.78, 5) is 11.4. The van der Waals surface area contributed by atoms with Crippen molar-refractivity contribution in [3.8, 4) is 22.8 Å². The lowest BCUT2D eigenvalue weighted by Crippen LogP contribution is -2.34. The smallest absolute Gasteiger partial charge is 0.141 e. The molecule has 7 nitrogen and oxygen atoms in total. The van der Waals surface area contributed by atoms with Crippen LogP contribution in [0.15, 0.2) is 61.2 Å². The number of benzene rings is 1. The summed E-state index contributed by atoms with van der Waals surface area (Å²) in [5.41, 5.74) is 4.93. The van der Waals surface area contributed by atoms with Crippen LogP contribution in [0.1, 0.15) is 24.9 Å². The van der Waals surface area contributed by atoms with Crippen LogP contribution in [-0.4, -0.2) is 47.7 Å². The topological polar surface area (TPSA) is 63.9 Å². The molecule has 0 saturated carbocycles. The number of aromatic nitrogens is 3. The minimum Gasteiger partial charge on any atom is -0.496 e. The Hall–Kier alpha value is -2.71. The van der Waals surface area contributed by atoms with Gasteiger partial charge in [-0.15, -0.1) is 24.8 Å². The highest BCUT2D eigenvalue weighted by molar-refractivity contribution is 6.32. The summed E-state index contributed by atoms with van der Waals surface area (Å²) in [6, 6.07) is 12.8. The molecule has 0 amide bonds. The fraction of sp³-hybridized carbons (Fsp3) is 0.308. The number of ether oxygens (including phenoxy) is 2. The van der Waals surface area contributed by atoms with E-state index in [4.69, 9.17) is 26.1 Å². The summed E-state index contributed by atoms with van der Waals surface area (Å²) in [5.74, 6) is 1.24. The largest absolute Gasteiger partial charge is 0.496 e. The van der Waals surface area contributed by atoms with Crippen LogP contribution in [0.4, 0.5) is 5.69 Å². The fourth-order valence-electron chi connectivity index (χ4n) is 4.59. The molecular weight excluding hydrogens is 521 g/mol. The molecule has 4 aromatic rings. The zero-order valence-corrected chi connectivity index (χ0v) is 22.7. The summed E-state index contributed by atoms with van der Waals surface area (Å²) in [6.45, 7) is 4.17. The Morgan fingerprint density at radius 2 is 1.81 bits per heavy atom. The monoisotopic (exact) mass is 549 g/mol. The normalized spacial score (nSPS) is 15.8. The molecule has 5 rings (SSSR count). The van der Waals surface area contributed by atoms with Gasteiger partial charge in [-0.3, -0.25) is 4.98 Å². The average Bonchev–Trinajstić information content (AvgIpc) is 3.51. The van der Waals surface area contributed by atoms with Crippen LogP contribution in [0.2, 0.25) is 5.02 Å². The van der Waals surface area contributed by atoms with Gasteiger partial charge in [-0.25, -0.2) is 4.98 Å². The maximum Gasteiger partial charge on any atom is 0.141 e. The molecule has 0 bridgehead atoms. The first-order chi connectivity index (χ1) is 16.6. The third-order valence-corrected chi connectivity index (χ3v) is 6.73. The summed E-state index contributed by atoms with van der Waals surface area (Å²) >= 11 is 6.38. The van der Waals surface area contributed by atoms with E-state index in [0.29, 0.717) is 22.6 Å². The van der Waals surface area contributed by atoms with Crippen LogP contribution in [0.5, 0.6) is 11.5 Å². The predicted molar refractivity (Wildman–Crippen MR) is 150 cm³/mol. The van der Waals surface area contributed by atoms with Gasteiger partial charge in [0.25, 0.3) is 0 Å². The quantitative estimate of drug-likeness (QED) is 0.312. The molecule has 4 heterocycles. The van der Waals surface area contributed by atoms with Gasteiger partial charge in [0.2, 0.25) is 0 Å². The molecule has 10 heteroatoms. The molecular formula is C26H30Cl3N5O2. The minimum atomic E-state index is 0. The van der Waals surface area contributed by atoms with Crippen LogP contribution >= 0.6 is 36.4 Å². The van der Waals surface area contributed by atoms with E-state index in [9.17, 15) is 0 Å². The van der Waals surface area contributed by atoms with E-state index in [1.807, 2.05) is 29.1 Å². The Labute approximate surface area is 228 Å². The van der Waals surface area contributed by atoms with Crippen LogP contribution < -0.4 is 19.7 Å². The van der Waals surface area contributed by atoms with Gasteiger partial charge in [-0.2, -0.15) is 0 Å². The van der Waals surface area contributed by atoms with Crippen molar-refractivity contribution in [2.75, 3.05) is 32.2 Å². The Morgan fingerprint density at radius 3 is 2.53 bits per heavy atom. The number of pyridine rings is 2. The standard InChI is InChI=1S/C26H28ClN5O2.2ClH/c1-17(18-4-8-28-9-5-18)29-19-6-10-31(15-19)20-7-11-32-16-23(30-26(32)12-20)21-13-22(27)25(34-3)14-24(21)33-2;;/h4-5,7-9,11-14,16-17,19,29H,6,10,15H2,1-3H3;2*1H/t17?,19-;;/m0../s1. The molecule has 0 radical (unpaired) electrons. The molecule has 1 N–H and O–H groups in total. The molecule has 1 unspecified atom stereocenters. The van der Waals surface area contributed by atoms with E-state index in [1.165, 1.54) is 11.3 Å². The van der Waals surface area contributed by atoms with Crippen molar-refractivity contribution in [3.63, 3.8) is 0 Å². The van der Waals surface area contributed by atoms with Gasteiger partial charge < -0.3 is 24.1 Å². The highest BCUT2D eigenvalue weighted by atomic mass is 35.5. The summed E-state index contributed by atoms with van der Waals surface area (Å²) in [7, 11) is 3.22. The van der Waals surface area contributed by atoms with Crippen LogP contribution in [0, 0.1) is 0 Å². The SMILES string of the molecule is COc1cc(OC)c(-c2cn3ccc(N4CC[C@H](NC(C)c5ccncc5)C4)cc3n2)cc1Cl.Cl.Cl. The number of nitrogens with zero attached hydrogens (tertiary/aromatic N) is 4. The Balaban J connectivity index is 0.00000180. The number of rotatable bonds is 7. The van der Waals surface area contributed by atoms with E-state index < -0.39 is 0 Å². The van der Waals surface area contributed by atoms with Gasteiger partial charge in [0.05, 0.1) is 24.9 Å². The fourth-order valence-corrected chi connectivity index (χ4v) is 4.83. The summed E-state index contributed by atoms with van der Waals surface area (Å²) in [6.07, 6.45) is 8.83. The third-order valence-electron chi connectivity index (χ3n) is 6.44. The predicted octanol–water partition coefficient (Wildman–Crippen LogP) is 5.84. The summed E-state index contributed by atoms with van der Waals surface area (Å²) < 4.78 is 12.9. The van der Waals surface area contributed by atoms with E-state index in [2.05, 4.69) is 52.6 Å². The number of fused-ring (bicyclic) bond motifs is 1. The number of methoxy groups -OCH3 is 2. The van der Waals surface area contributed by atoms with Crippen LogP contribution in [0.3, 0.4) is 0 Å². The maximum atomic E-state index is 6.38. The van der Waals surface area contributed by atoms with E-state index >= 15 is 0 Å². The Kier molecular flexibility index (Phi) is 9.30. The van der Waals surface area contributed by atoms with Gasteiger partial charge in [-0.05, 0) is 43.2 Å². The van der Waals surface area contributed by atoms with Crippen LogP contribution in [0.25, 0.3) is 16.9 Å². The second-order valence-corrected chi connectivity index (χ2v) is 8.97. The van der Waals surface area contributed by atoms with Crippen molar-refractivity contribution in [1.82, 2.24) is 19.7 Å². The molecule has 1 fully saturated rings. The molecule has 1 aromatic carbocycles. The van der Waals surface area contributed by atoms with Crippen LogP contribution in [-0.2, 0) is 0 Å². The molecule has 1 saturated heterocycles. The van der Waals surface area contributed by atoms with Gasteiger partial charge in [0, 0.05) is 73.3 Å². The van der Waals surface area contributed by atoms with Crippen molar-refractivity contribution < 1.29 is 9.47 Å². The lowest BCUT2D eigenvalue weighted by atomic mass is 10.1. The second-order valence-electron chi connectivity index (χ2n) is 8.56. The highest BCUT2D eigenvalue weighted by Crippen LogP contribution is 2.38. The van der Waals surface area contributed by atoms with Crippen molar-refractivity contribution in [2.24, 2.45) is 0 Å². The van der Waals surface area contributed by atoms with Gasteiger partial charge in [-0.1, -0.05) is 11.6 Å². The zero-order valence-electron chi connectivity index (χ0n) is 20.3. The van der Waals surface area contributed by atoms with Crippen molar-refractivity contribution in [1.29, 1.82) is 0 Å². The molecule has 0 aliphatic carbocycles. The van der Waals surface area contributed by atoms with Gasteiger partial charge >= 0.3 is 0 Å². The number of hydrogen-bond donors (Lipinski definition) is 1. The molecule has 192 valence electrons. The van der Waals surface area contributed by atoms with E-state index in [-0.39, 0.29) is 30.9 Å². The van der Waals surface area contributed by atoms with Crippen molar-refractivity contribution in [3.05, 3.63) is 71.8 Å². The summed E-state index contributed by atoms with van der Waals surface area (Å²) in [5, 5.41) is 4.28. The number of imidazole rings is 1. The number of halogens is 3. The van der Waals surface area contributed by atoms with Crippen molar-refractivity contribution >= 4 is 47.7 Å². The molecule has 0 spiro atoms. The maximum absolute atomic E-state index is 6.38.